The van der Waals surface area contributed by atoms with Gasteiger partial charge in [0.15, 0.2) is 0 Å². The van der Waals surface area contributed by atoms with Gasteiger partial charge in [-0.15, -0.1) is 0 Å². The van der Waals surface area contributed by atoms with E-state index in [4.69, 9.17) is 9.47 Å². The van der Waals surface area contributed by atoms with Crippen molar-refractivity contribution in [1.82, 2.24) is 10.2 Å². The molecule has 1 aliphatic rings. The summed E-state index contributed by atoms with van der Waals surface area (Å²) in [6.45, 7) is 5.86. The maximum atomic E-state index is 13.0. The first kappa shape index (κ1) is 22.5. The van der Waals surface area contributed by atoms with E-state index < -0.39 is 5.41 Å². The van der Waals surface area contributed by atoms with Crippen molar-refractivity contribution in [1.29, 1.82) is 0 Å². The molecular formula is C24H31N3O4. The van der Waals surface area contributed by atoms with Crippen LogP contribution >= 0.6 is 0 Å². The summed E-state index contributed by atoms with van der Waals surface area (Å²) in [6.07, 6.45) is 1.52. The lowest BCUT2D eigenvalue weighted by Gasteiger charge is -2.39. The fourth-order valence-corrected chi connectivity index (χ4v) is 3.78. The SMILES string of the molecule is CCOc1ccc(NC(=O)N2CCCC(C)(C(=O)NCc3cccc(OC)c3)C2)cc1. The molecule has 2 aromatic rings. The van der Waals surface area contributed by atoms with Crippen LogP contribution in [0.5, 0.6) is 11.5 Å². The minimum Gasteiger partial charge on any atom is -0.497 e. The molecule has 0 aromatic heterocycles. The van der Waals surface area contributed by atoms with Crippen molar-refractivity contribution in [3.63, 3.8) is 0 Å². The first-order valence-corrected chi connectivity index (χ1v) is 10.6. The molecule has 0 spiro atoms. The third-order valence-corrected chi connectivity index (χ3v) is 5.54. The zero-order valence-corrected chi connectivity index (χ0v) is 18.4. The summed E-state index contributed by atoms with van der Waals surface area (Å²) < 4.78 is 10.7. The number of carbonyl (C=O) groups is 2. The zero-order valence-electron chi connectivity index (χ0n) is 18.4. The Kier molecular flexibility index (Phi) is 7.39. The third-order valence-electron chi connectivity index (χ3n) is 5.54. The van der Waals surface area contributed by atoms with E-state index in [2.05, 4.69) is 10.6 Å². The van der Waals surface area contributed by atoms with Crippen LogP contribution in [0.15, 0.2) is 48.5 Å². The molecule has 31 heavy (non-hydrogen) atoms. The van der Waals surface area contributed by atoms with Gasteiger partial charge in [-0.1, -0.05) is 12.1 Å². The summed E-state index contributed by atoms with van der Waals surface area (Å²) in [5.74, 6) is 1.47. The lowest BCUT2D eigenvalue weighted by molar-refractivity contribution is -0.132. The molecule has 1 saturated heterocycles. The van der Waals surface area contributed by atoms with E-state index in [1.807, 2.05) is 62.4 Å². The summed E-state index contributed by atoms with van der Waals surface area (Å²) in [4.78, 5) is 27.4. The Morgan fingerprint density at radius 3 is 2.61 bits per heavy atom. The molecular weight excluding hydrogens is 394 g/mol. The number of urea groups is 1. The monoisotopic (exact) mass is 425 g/mol. The number of hydrogen-bond acceptors (Lipinski definition) is 4. The van der Waals surface area contributed by atoms with Crippen molar-refractivity contribution in [2.75, 3.05) is 32.1 Å². The normalized spacial score (nSPS) is 18.2. The van der Waals surface area contributed by atoms with E-state index in [1.54, 1.807) is 12.0 Å². The second kappa shape index (κ2) is 10.2. The van der Waals surface area contributed by atoms with E-state index in [1.165, 1.54) is 0 Å². The van der Waals surface area contributed by atoms with E-state index in [-0.39, 0.29) is 11.9 Å². The highest BCUT2D eigenvalue weighted by Gasteiger charge is 2.39. The van der Waals surface area contributed by atoms with Gasteiger partial charge in [0, 0.05) is 25.3 Å². The molecule has 1 heterocycles. The van der Waals surface area contributed by atoms with Gasteiger partial charge in [-0.2, -0.15) is 0 Å². The van der Waals surface area contributed by atoms with Crippen LogP contribution in [0, 0.1) is 5.41 Å². The molecule has 2 aromatic carbocycles. The number of nitrogens with one attached hydrogen (secondary N) is 2. The molecule has 3 amide bonds. The molecule has 1 fully saturated rings. The number of anilines is 1. The van der Waals surface area contributed by atoms with Crippen LogP contribution in [0.25, 0.3) is 0 Å². The summed E-state index contributed by atoms with van der Waals surface area (Å²) in [5, 5.41) is 5.94. The van der Waals surface area contributed by atoms with Crippen LogP contribution in [-0.4, -0.2) is 43.6 Å². The average Bonchev–Trinajstić information content (AvgIpc) is 2.79. The number of hydrogen-bond donors (Lipinski definition) is 2. The van der Waals surface area contributed by atoms with Gasteiger partial charge in [0.25, 0.3) is 0 Å². The second-order valence-electron chi connectivity index (χ2n) is 8.01. The fraction of sp³-hybridized carbons (Fsp3) is 0.417. The number of benzene rings is 2. The molecule has 1 unspecified atom stereocenters. The highest BCUT2D eigenvalue weighted by molar-refractivity contribution is 5.90. The van der Waals surface area contributed by atoms with Crippen molar-refractivity contribution < 1.29 is 19.1 Å². The third kappa shape index (κ3) is 5.90. The van der Waals surface area contributed by atoms with E-state index in [0.717, 1.165) is 29.9 Å². The highest BCUT2D eigenvalue weighted by Crippen LogP contribution is 2.30. The number of nitrogens with zero attached hydrogens (tertiary/aromatic N) is 1. The topological polar surface area (TPSA) is 79.9 Å². The Hall–Kier alpha value is -3.22. The fourth-order valence-electron chi connectivity index (χ4n) is 3.78. The van der Waals surface area contributed by atoms with Crippen LogP contribution < -0.4 is 20.1 Å². The van der Waals surface area contributed by atoms with Crippen molar-refractivity contribution in [3.05, 3.63) is 54.1 Å². The Morgan fingerprint density at radius 2 is 1.90 bits per heavy atom. The molecule has 0 saturated carbocycles. The number of rotatable bonds is 7. The van der Waals surface area contributed by atoms with Crippen LogP contribution in [0.2, 0.25) is 0 Å². The zero-order chi connectivity index (χ0) is 22.3. The molecule has 0 radical (unpaired) electrons. The van der Waals surface area contributed by atoms with Crippen LogP contribution in [0.3, 0.4) is 0 Å². The predicted octanol–water partition coefficient (Wildman–Crippen LogP) is 4.04. The Bertz CT molecular complexity index is 900. The summed E-state index contributed by atoms with van der Waals surface area (Å²) in [6, 6.07) is 14.7. The second-order valence-corrected chi connectivity index (χ2v) is 8.01. The molecule has 2 N–H and O–H groups in total. The standard InChI is InChI=1S/C24H31N3O4/c1-4-31-20-11-9-19(10-12-20)26-23(29)27-14-6-13-24(2,17-27)22(28)25-16-18-7-5-8-21(15-18)30-3/h5,7-12,15H,4,6,13-14,16-17H2,1-3H3,(H,25,28)(H,26,29). The number of likely N-dealkylation sites (tertiary alicyclic amines) is 1. The Balaban J connectivity index is 1.57. The van der Waals surface area contributed by atoms with Crippen LogP contribution in [0.4, 0.5) is 10.5 Å². The van der Waals surface area contributed by atoms with Gasteiger partial charge in [0.2, 0.25) is 5.91 Å². The van der Waals surface area contributed by atoms with E-state index in [9.17, 15) is 9.59 Å². The van der Waals surface area contributed by atoms with Gasteiger partial charge in [-0.25, -0.2) is 4.79 Å². The molecule has 0 bridgehead atoms. The Morgan fingerprint density at radius 1 is 1.13 bits per heavy atom. The van der Waals surface area contributed by atoms with Gasteiger partial charge in [-0.3, -0.25) is 4.79 Å². The first-order valence-electron chi connectivity index (χ1n) is 10.6. The number of amides is 3. The van der Waals surface area contributed by atoms with Crippen molar-refractivity contribution >= 4 is 17.6 Å². The maximum absolute atomic E-state index is 13.0. The Labute approximate surface area is 183 Å². The number of ether oxygens (including phenoxy) is 2. The number of piperidine rings is 1. The summed E-state index contributed by atoms with van der Waals surface area (Å²) in [5.41, 5.74) is 1.04. The summed E-state index contributed by atoms with van der Waals surface area (Å²) >= 11 is 0. The van der Waals surface area contributed by atoms with Gasteiger partial charge in [-0.05, 0) is 68.7 Å². The maximum Gasteiger partial charge on any atom is 0.321 e. The molecule has 166 valence electrons. The first-order chi connectivity index (χ1) is 14.9. The van der Waals surface area contributed by atoms with Crippen LogP contribution in [-0.2, 0) is 11.3 Å². The molecule has 0 aliphatic carbocycles. The predicted molar refractivity (Wildman–Crippen MR) is 120 cm³/mol. The largest absolute Gasteiger partial charge is 0.497 e. The molecule has 1 atom stereocenters. The van der Waals surface area contributed by atoms with Crippen LogP contribution in [0.1, 0.15) is 32.3 Å². The average molecular weight is 426 g/mol. The van der Waals surface area contributed by atoms with Gasteiger partial charge in [0.1, 0.15) is 11.5 Å². The van der Waals surface area contributed by atoms with Crippen molar-refractivity contribution in [2.24, 2.45) is 5.41 Å². The molecule has 1 aliphatic heterocycles. The smallest absolute Gasteiger partial charge is 0.321 e. The minimum absolute atomic E-state index is 0.0473. The minimum atomic E-state index is -0.632. The lowest BCUT2D eigenvalue weighted by Crippen LogP contribution is -2.52. The molecule has 7 nitrogen and oxygen atoms in total. The molecule has 3 rings (SSSR count). The lowest BCUT2D eigenvalue weighted by atomic mass is 9.81. The van der Waals surface area contributed by atoms with Gasteiger partial charge in [0.05, 0.1) is 19.1 Å². The number of methoxy groups -OCH3 is 1. The van der Waals surface area contributed by atoms with Gasteiger partial charge >= 0.3 is 6.03 Å². The molecule has 7 heteroatoms. The van der Waals surface area contributed by atoms with E-state index >= 15 is 0 Å². The van der Waals surface area contributed by atoms with Gasteiger partial charge < -0.3 is 25.0 Å². The summed E-state index contributed by atoms with van der Waals surface area (Å²) in [7, 11) is 1.62. The number of carbonyl (C=O) groups excluding carboxylic acids is 2. The van der Waals surface area contributed by atoms with Crippen molar-refractivity contribution in [2.45, 2.75) is 33.2 Å². The van der Waals surface area contributed by atoms with E-state index in [0.29, 0.717) is 31.9 Å². The van der Waals surface area contributed by atoms with Crippen molar-refractivity contribution in [3.8, 4) is 11.5 Å². The quantitative estimate of drug-likeness (QED) is 0.702. The highest BCUT2D eigenvalue weighted by atomic mass is 16.5.